The monoisotopic (exact) mass is 200 g/mol. The lowest BCUT2D eigenvalue weighted by Gasteiger charge is -2.37. The lowest BCUT2D eigenvalue weighted by atomic mass is 9.78. The number of rotatable bonds is 2. The molecular formula is C10H16O4. The van der Waals surface area contributed by atoms with Crippen LogP contribution >= 0.6 is 0 Å². The standard InChI is InChI=1S/C10H16O4/c1-7-5-10(7,8(11)12)9(13)3-2-4-14-6-9/h7,13H,2-6H2,1H3,(H,11,12). The zero-order chi connectivity index (χ0) is 10.4. The first-order valence-electron chi connectivity index (χ1n) is 5.06. The van der Waals surface area contributed by atoms with Gasteiger partial charge >= 0.3 is 5.97 Å². The van der Waals surface area contributed by atoms with Crippen molar-refractivity contribution in [2.75, 3.05) is 13.2 Å². The van der Waals surface area contributed by atoms with Crippen LogP contribution in [-0.4, -0.2) is 35.0 Å². The molecule has 0 bridgehead atoms. The SMILES string of the molecule is CC1CC1(C(=O)O)C1(O)CCCOC1. The number of carboxylic acid groups (broad SMARTS) is 1. The summed E-state index contributed by atoms with van der Waals surface area (Å²) in [7, 11) is 0. The molecule has 1 saturated carbocycles. The van der Waals surface area contributed by atoms with Gasteiger partial charge in [0.1, 0.15) is 11.0 Å². The smallest absolute Gasteiger partial charge is 0.312 e. The molecule has 0 aromatic rings. The average molecular weight is 200 g/mol. The highest BCUT2D eigenvalue weighted by Crippen LogP contribution is 2.61. The molecule has 2 N–H and O–H groups in total. The van der Waals surface area contributed by atoms with Crippen LogP contribution in [0.15, 0.2) is 0 Å². The summed E-state index contributed by atoms with van der Waals surface area (Å²) >= 11 is 0. The number of hydrogen-bond acceptors (Lipinski definition) is 3. The maximum Gasteiger partial charge on any atom is 0.312 e. The number of carbonyl (C=O) groups is 1. The minimum absolute atomic E-state index is 0.0618. The Morgan fingerprint density at radius 1 is 1.57 bits per heavy atom. The zero-order valence-electron chi connectivity index (χ0n) is 8.32. The number of ether oxygens (including phenoxy) is 1. The second kappa shape index (κ2) is 2.94. The van der Waals surface area contributed by atoms with Gasteiger partial charge in [0.2, 0.25) is 0 Å². The lowest BCUT2D eigenvalue weighted by Crippen LogP contribution is -2.51. The van der Waals surface area contributed by atoms with Crippen LogP contribution < -0.4 is 0 Å². The summed E-state index contributed by atoms with van der Waals surface area (Å²) in [6.07, 6.45) is 1.87. The van der Waals surface area contributed by atoms with Crippen LogP contribution in [0.25, 0.3) is 0 Å². The second-order valence-corrected chi connectivity index (χ2v) is 4.57. The predicted octanol–water partition coefficient (Wildman–Crippen LogP) is 0.639. The van der Waals surface area contributed by atoms with Crippen molar-refractivity contribution in [2.24, 2.45) is 11.3 Å². The summed E-state index contributed by atoms with van der Waals surface area (Å²) in [5, 5.41) is 19.5. The Hall–Kier alpha value is -0.610. The molecule has 0 aromatic carbocycles. The van der Waals surface area contributed by atoms with Crippen LogP contribution in [0.5, 0.6) is 0 Å². The Morgan fingerprint density at radius 2 is 2.21 bits per heavy atom. The first-order valence-corrected chi connectivity index (χ1v) is 5.06. The molecule has 2 aliphatic rings. The summed E-state index contributed by atoms with van der Waals surface area (Å²) in [6.45, 7) is 2.68. The Kier molecular flexibility index (Phi) is 2.08. The van der Waals surface area contributed by atoms with Gasteiger partial charge in [-0.25, -0.2) is 0 Å². The van der Waals surface area contributed by atoms with Crippen LogP contribution in [-0.2, 0) is 9.53 Å². The molecule has 0 radical (unpaired) electrons. The van der Waals surface area contributed by atoms with Crippen molar-refractivity contribution >= 4 is 5.97 Å². The molecule has 80 valence electrons. The van der Waals surface area contributed by atoms with Gasteiger partial charge in [0.15, 0.2) is 0 Å². The number of aliphatic hydroxyl groups is 1. The first kappa shape index (κ1) is 9.93. The Balaban J connectivity index is 2.23. The van der Waals surface area contributed by atoms with Crippen LogP contribution in [0.1, 0.15) is 26.2 Å². The molecule has 0 amide bonds. The summed E-state index contributed by atoms with van der Waals surface area (Å²) in [5.74, 6) is -0.815. The highest BCUT2D eigenvalue weighted by Gasteiger charge is 2.69. The summed E-state index contributed by atoms with van der Waals surface area (Å²) < 4.78 is 5.20. The van der Waals surface area contributed by atoms with E-state index in [1.807, 2.05) is 6.92 Å². The molecule has 1 aliphatic carbocycles. The van der Waals surface area contributed by atoms with E-state index in [0.29, 0.717) is 19.4 Å². The third-order valence-electron chi connectivity index (χ3n) is 3.74. The Bertz CT molecular complexity index is 257. The van der Waals surface area contributed by atoms with Crippen LogP contribution in [0.4, 0.5) is 0 Å². The Labute approximate surface area is 82.9 Å². The van der Waals surface area contributed by atoms with E-state index < -0.39 is 17.0 Å². The largest absolute Gasteiger partial charge is 0.481 e. The van der Waals surface area contributed by atoms with Crippen molar-refractivity contribution in [2.45, 2.75) is 31.8 Å². The fraction of sp³-hybridized carbons (Fsp3) is 0.900. The highest BCUT2D eigenvalue weighted by atomic mass is 16.5. The fourth-order valence-corrected chi connectivity index (χ4v) is 2.70. The first-order chi connectivity index (χ1) is 6.53. The molecule has 3 atom stereocenters. The molecule has 2 fully saturated rings. The van der Waals surface area contributed by atoms with Crippen molar-refractivity contribution in [3.63, 3.8) is 0 Å². The third kappa shape index (κ3) is 1.10. The molecule has 2 rings (SSSR count). The minimum atomic E-state index is -1.14. The van der Waals surface area contributed by atoms with Crippen LogP contribution in [0.3, 0.4) is 0 Å². The van der Waals surface area contributed by atoms with Gasteiger partial charge in [0.25, 0.3) is 0 Å². The van der Waals surface area contributed by atoms with Gasteiger partial charge in [-0.05, 0) is 25.2 Å². The van der Waals surface area contributed by atoms with Gasteiger partial charge in [0.05, 0.1) is 6.61 Å². The van der Waals surface area contributed by atoms with Crippen molar-refractivity contribution < 1.29 is 19.7 Å². The van der Waals surface area contributed by atoms with Gasteiger partial charge in [-0.3, -0.25) is 4.79 Å². The molecule has 4 nitrogen and oxygen atoms in total. The highest BCUT2D eigenvalue weighted by molar-refractivity contribution is 5.80. The van der Waals surface area contributed by atoms with Crippen molar-refractivity contribution in [1.82, 2.24) is 0 Å². The maximum absolute atomic E-state index is 11.2. The van der Waals surface area contributed by atoms with E-state index >= 15 is 0 Å². The van der Waals surface area contributed by atoms with E-state index in [-0.39, 0.29) is 12.5 Å². The second-order valence-electron chi connectivity index (χ2n) is 4.57. The van der Waals surface area contributed by atoms with E-state index in [2.05, 4.69) is 0 Å². The maximum atomic E-state index is 11.2. The van der Waals surface area contributed by atoms with Gasteiger partial charge in [0, 0.05) is 6.61 Å². The van der Waals surface area contributed by atoms with Crippen molar-refractivity contribution in [3.8, 4) is 0 Å². The van der Waals surface area contributed by atoms with E-state index in [1.54, 1.807) is 0 Å². The molecule has 1 saturated heterocycles. The molecule has 0 spiro atoms. The van der Waals surface area contributed by atoms with Gasteiger partial charge in [-0.15, -0.1) is 0 Å². The van der Waals surface area contributed by atoms with Crippen molar-refractivity contribution in [1.29, 1.82) is 0 Å². The summed E-state index contributed by atoms with van der Waals surface area (Å²) in [5.41, 5.74) is -2.08. The van der Waals surface area contributed by atoms with Gasteiger partial charge in [-0.1, -0.05) is 6.92 Å². The lowest BCUT2D eigenvalue weighted by molar-refractivity contribution is -0.173. The molecule has 1 heterocycles. The van der Waals surface area contributed by atoms with E-state index in [9.17, 15) is 15.0 Å². The van der Waals surface area contributed by atoms with Crippen molar-refractivity contribution in [3.05, 3.63) is 0 Å². The molecule has 3 unspecified atom stereocenters. The van der Waals surface area contributed by atoms with Crippen LogP contribution in [0.2, 0.25) is 0 Å². The van der Waals surface area contributed by atoms with E-state index in [4.69, 9.17) is 4.74 Å². The molecule has 4 heteroatoms. The van der Waals surface area contributed by atoms with E-state index in [0.717, 1.165) is 6.42 Å². The quantitative estimate of drug-likeness (QED) is 0.686. The predicted molar refractivity (Wildman–Crippen MR) is 48.9 cm³/mol. The van der Waals surface area contributed by atoms with Crippen LogP contribution in [0, 0.1) is 11.3 Å². The zero-order valence-corrected chi connectivity index (χ0v) is 8.32. The molecule has 0 aromatic heterocycles. The summed E-state index contributed by atoms with van der Waals surface area (Å²) in [4.78, 5) is 11.2. The average Bonchev–Trinajstić information content (AvgIpc) is 2.80. The Morgan fingerprint density at radius 3 is 2.57 bits per heavy atom. The normalized spacial score (nSPS) is 47.4. The van der Waals surface area contributed by atoms with Gasteiger partial charge < -0.3 is 14.9 Å². The van der Waals surface area contributed by atoms with E-state index in [1.165, 1.54) is 0 Å². The number of aliphatic carboxylic acids is 1. The molecule has 1 aliphatic heterocycles. The summed E-state index contributed by atoms with van der Waals surface area (Å²) in [6, 6.07) is 0. The number of carboxylic acids is 1. The molecule has 14 heavy (non-hydrogen) atoms. The molecular weight excluding hydrogens is 184 g/mol. The fourth-order valence-electron chi connectivity index (χ4n) is 2.70. The third-order valence-corrected chi connectivity index (χ3v) is 3.74. The topological polar surface area (TPSA) is 66.8 Å². The minimum Gasteiger partial charge on any atom is -0.481 e. The van der Waals surface area contributed by atoms with Gasteiger partial charge in [-0.2, -0.15) is 0 Å². The number of hydrogen-bond donors (Lipinski definition) is 2.